The Morgan fingerprint density at radius 1 is 1.32 bits per heavy atom. The van der Waals surface area contributed by atoms with Crippen molar-refractivity contribution in [2.75, 3.05) is 12.8 Å². The number of aromatic nitrogens is 3. The molecule has 1 aliphatic heterocycles. The zero-order valence-corrected chi connectivity index (χ0v) is 16.7. The van der Waals surface area contributed by atoms with E-state index in [1.165, 1.54) is 13.1 Å². The van der Waals surface area contributed by atoms with Crippen molar-refractivity contribution in [2.45, 2.75) is 12.5 Å². The van der Waals surface area contributed by atoms with E-state index in [0.29, 0.717) is 10.7 Å². The van der Waals surface area contributed by atoms with E-state index in [1.54, 1.807) is 42.5 Å². The second-order valence-corrected chi connectivity index (χ2v) is 9.68. The van der Waals surface area contributed by atoms with E-state index in [-0.39, 0.29) is 16.6 Å². The molecule has 1 atom stereocenters. The van der Waals surface area contributed by atoms with Gasteiger partial charge in [-0.3, -0.25) is 4.57 Å². The van der Waals surface area contributed by atoms with Crippen LogP contribution < -0.4 is 5.73 Å². The summed E-state index contributed by atoms with van der Waals surface area (Å²) < 4.78 is 42.2. The van der Waals surface area contributed by atoms with Crippen LogP contribution in [0.3, 0.4) is 0 Å². The van der Waals surface area contributed by atoms with Gasteiger partial charge in [-0.2, -0.15) is 0 Å². The SMILES string of the molecule is CN1C(N)=NC(C)(c2sc(-c3ccnc(-n4ccnc4)c3)cc2F)CS1(=O)=O. The number of guanidine groups is 1. The van der Waals surface area contributed by atoms with Crippen LogP contribution in [0.1, 0.15) is 11.8 Å². The van der Waals surface area contributed by atoms with Crippen molar-refractivity contribution in [3.63, 3.8) is 0 Å². The van der Waals surface area contributed by atoms with E-state index in [0.717, 1.165) is 21.2 Å². The van der Waals surface area contributed by atoms with Gasteiger partial charge in [0, 0.05) is 30.5 Å². The summed E-state index contributed by atoms with van der Waals surface area (Å²) in [5.41, 5.74) is 5.24. The molecule has 0 radical (unpaired) electrons. The quantitative estimate of drug-likeness (QED) is 0.697. The number of sulfonamides is 1. The fourth-order valence-electron chi connectivity index (χ4n) is 3.05. The summed E-state index contributed by atoms with van der Waals surface area (Å²) in [7, 11) is -2.35. The number of nitrogens with two attached hydrogens (primary N) is 1. The van der Waals surface area contributed by atoms with Crippen LogP contribution in [0.4, 0.5) is 4.39 Å². The third-order valence-electron chi connectivity index (χ3n) is 4.54. The summed E-state index contributed by atoms with van der Waals surface area (Å²) in [6.07, 6.45) is 6.64. The minimum absolute atomic E-state index is 0.158. The smallest absolute Gasteiger partial charge is 0.239 e. The molecule has 4 rings (SSSR count). The summed E-state index contributed by atoms with van der Waals surface area (Å²) in [4.78, 5) is 13.4. The average molecular weight is 420 g/mol. The van der Waals surface area contributed by atoms with Gasteiger partial charge in [0.2, 0.25) is 16.0 Å². The van der Waals surface area contributed by atoms with E-state index >= 15 is 0 Å². The largest absolute Gasteiger partial charge is 0.369 e. The number of hydrogen-bond acceptors (Lipinski definition) is 7. The lowest BCUT2D eigenvalue weighted by Crippen LogP contribution is -2.50. The molecule has 0 saturated carbocycles. The summed E-state index contributed by atoms with van der Waals surface area (Å²) >= 11 is 1.15. The molecular weight excluding hydrogens is 403 g/mol. The summed E-state index contributed by atoms with van der Waals surface area (Å²) in [6, 6.07) is 4.96. The van der Waals surface area contributed by atoms with Crippen LogP contribution >= 0.6 is 11.3 Å². The number of nitrogens with zero attached hydrogens (tertiary/aromatic N) is 5. The first-order valence-corrected chi connectivity index (χ1v) is 10.7. The molecule has 0 amide bonds. The van der Waals surface area contributed by atoms with Crippen LogP contribution in [0.2, 0.25) is 0 Å². The molecule has 8 nitrogen and oxygen atoms in total. The topological polar surface area (TPSA) is 106 Å². The Hall–Kier alpha value is -2.79. The predicted molar refractivity (Wildman–Crippen MR) is 105 cm³/mol. The number of halogens is 1. The number of pyridine rings is 1. The predicted octanol–water partition coefficient (Wildman–Crippen LogP) is 1.94. The summed E-state index contributed by atoms with van der Waals surface area (Å²) in [6.45, 7) is 1.58. The van der Waals surface area contributed by atoms with Gasteiger partial charge in [0.1, 0.15) is 23.5 Å². The molecule has 2 N–H and O–H groups in total. The van der Waals surface area contributed by atoms with Crippen molar-refractivity contribution in [2.24, 2.45) is 10.7 Å². The van der Waals surface area contributed by atoms with Crippen LogP contribution in [0.15, 0.2) is 48.1 Å². The van der Waals surface area contributed by atoms with Gasteiger partial charge in [0.25, 0.3) is 0 Å². The zero-order chi connectivity index (χ0) is 20.1. The minimum Gasteiger partial charge on any atom is -0.369 e. The lowest BCUT2D eigenvalue weighted by Gasteiger charge is -2.33. The third-order valence-corrected chi connectivity index (χ3v) is 7.90. The maximum Gasteiger partial charge on any atom is 0.239 e. The molecule has 11 heteroatoms. The Morgan fingerprint density at radius 3 is 2.79 bits per heavy atom. The van der Waals surface area contributed by atoms with Crippen LogP contribution in [0.25, 0.3) is 16.3 Å². The minimum atomic E-state index is -3.68. The van der Waals surface area contributed by atoms with E-state index in [1.807, 2.05) is 6.07 Å². The number of imidazole rings is 1. The fraction of sp³-hybridized carbons (Fsp3) is 0.235. The highest BCUT2D eigenvalue weighted by Crippen LogP contribution is 2.41. The molecule has 0 aromatic carbocycles. The van der Waals surface area contributed by atoms with Gasteiger partial charge >= 0.3 is 0 Å². The average Bonchev–Trinajstić information content (AvgIpc) is 3.29. The van der Waals surface area contributed by atoms with Crippen LogP contribution in [0.5, 0.6) is 0 Å². The third kappa shape index (κ3) is 3.06. The monoisotopic (exact) mass is 420 g/mol. The number of hydrogen-bond donors (Lipinski definition) is 1. The Labute approximate surface area is 165 Å². The van der Waals surface area contributed by atoms with Crippen molar-refractivity contribution in [1.29, 1.82) is 0 Å². The highest BCUT2D eigenvalue weighted by atomic mass is 32.2. The molecule has 146 valence electrons. The molecule has 1 aliphatic rings. The second-order valence-electron chi connectivity index (χ2n) is 6.63. The first kappa shape index (κ1) is 18.6. The van der Waals surface area contributed by atoms with E-state index in [4.69, 9.17) is 5.73 Å². The second kappa shape index (κ2) is 6.38. The van der Waals surface area contributed by atoms with Crippen LogP contribution in [-0.2, 0) is 15.6 Å². The van der Waals surface area contributed by atoms with E-state index in [9.17, 15) is 12.8 Å². The van der Waals surface area contributed by atoms with Gasteiger partial charge in [-0.1, -0.05) is 0 Å². The summed E-state index contributed by atoms with van der Waals surface area (Å²) in [5, 5.41) is 0. The maximum atomic E-state index is 14.8. The molecule has 0 fully saturated rings. The standard InChI is InChI=1S/C17H17FN6O2S2/c1-17(9-28(25,26)23(2)16(19)22-17)15-12(18)8-13(27-15)11-3-4-21-14(7-11)24-6-5-20-10-24/h3-8,10H,9H2,1-2H3,(H2,19,22). The zero-order valence-electron chi connectivity index (χ0n) is 15.1. The van der Waals surface area contributed by atoms with Gasteiger partial charge < -0.3 is 5.73 Å². The molecule has 4 heterocycles. The van der Waals surface area contributed by atoms with Crippen molar-refractivity contribution in [3.05, 3.63) is 53.8 Å². The van der Waals surface area contributed by atoms with Crippen molar-refractivity contribution in [3.8, 4) is 16.3 Å². The Kier molecular flexibility index (Phi) is 4.23. The van der Waals surface area contributed by atoms with Crippen molar-refractivity contribution in [1.82, 2.24) is 18.8 Å². The molecule has 0 saturated heterocycles. The molecule has 28 heavy (non-hydrogen) atoms. The van der Waals surface area contributed by atoms with Gasteiger partial charge in [-0.25, -0.2) is 32.1 Å². The Balaban J connectivity index is 1.77. The molecule has 3 aromatic rings. The lowest BCUT2D eigenvalue weighted by molar-refractivity contribution is 0.466. The van der Waals surface area contributed by atoms with Gasteiger partial charge in [-0.15, -0.1) is 11.3 Å². The molecule has 1 unspecified atom stereocenters. The molecular formula is C17H17FN6O2S2. The van der Waals surface area contributed by atoms with Gasteiger partial charge in [0.05, 0.1) is 10.6 Å². The highest BCUT2D eigenvalue weighted by molar-refractivity contribution is 7.89. The number of thiophene rings is 1. The first-order chi connectivity index (χ1) is 13.2. The van der Waals surface area contributed by atoms with E-state index in [2.05, 4.69) is 15.0 Å². The Morgan fingerprint density at radius 2 is 2.11 bits per heavy atom. The number of aliphatic imine (C=N–C) groups is 1. The first-order valence-electron chi connectivity index (χ1n) is 8.26. The van der Waals surface area contributed by atoms with Crippen molar-refractivity contribution < 1.29 is 12.8 Å². The lowest BCUT2D eigenvalue weighted by atomic mass is 10.0. The number of rotatable bonds is 3. The van der Waals surface area contributed by atoms with E-state index < -0.39 is 21.4 Å². The van der Waals surface area contributed by atoms with Crippen LogP contribution in [0, 0.1) is 5.82 Å². The molecule has 0 spiro atoms. The molecule has 3 aromatic heterocycles. The van der Waals surface area contributed by atoms with Crippen molar-refractivity contribution >= 4 is 27.3 Å². The fourth-order valence-corrected chi connectivity index (χ4v) is 5.70. The van der Waals surface area contributed by atoms with Gasteiger partial charge in [0.15, 0.2) is 0 Å². The van der Waals surface area contributed by atoms with Crippen LogP contribution in [-0.4, -0.2) is 46.0 Å². The molecule has 0 aliphatic carbocycles. The normalized spacial score (nSPS) is 21.5. The van der Waals surface area contributed by atoms with Gasteiger partial charge in [-0.05, 0) is 30.7 Å². The highest BCUT2D eigenvalue weighted by Gasteiger charge is 2.42. The summed E-state index contributed by atoms with van der Waals surface area (Å²) in [5.74, 6) is -0.389. The maximum absolute atomic E-state index is 14.8. The Bertz CT molecular complexity index is 1170. The molecule has 0 bridgehead atoms.